The molecule has 1 aliphatic rings. The van der Waals surface area contributed by atoms with Crippen LogP contribution in [-0.4, -0.2) is 0 Å². The Bertz CT molecular complexity index is 304. The van der Waals surface area contributed by atoms with Gasteiger partial charge in [-0.25, -0.2) is 4.79 Å². The van der Waals surface area contributed by atoms with E-state index >= 15 is 0 Å². The molecule has 0 radical (unpaired) electrons. The van der Waals surface area contributed by atoms with Crippen LogP contribution in [0.2, 0.25) is 0 Å². The van der Waals surface area contributed by atoms with Crippen molar-refractivity contribution in [3.63, 3.8) is 0 Å². The van der Waals surface area contributed by atoms with E-state index in [1.54, 1.807) is 0 Å². The van der Waals surface area contributed by atoms with Gasteiger partial charge in [0.15, 0.2) is 0 Å². The summed E-state index contributed by atoms with van der Waals surface area (Å²) in [5, 5.41) is 0. The molecule has 0 bridgehead atoms. The number of rotatable bonds is 2. The van der Waals surface area contributed by atoms with Crippen LogP contribution in [0.4, 0.5) is 0 Å². The molecule has 3 heteroatoms. The smallest absolute Gasteiger partial charge is 0.399 e. The molecule has 0 aliphatic heterocycles. The van der Waals surface area contributed by atoms with Crippen LogP contribution in [0.1, 0.15) is 37.9 Å². The second-order valence-corrected chi connectivity index (χ2v) is 3.76. The highest BCUT2D eigenvalue weighted by Crippen LogP contribution is 2.26. The van der Waals surface area contributed by atoms with Crippen molar-refractivity contribution >= 4 is 0 Å². The van der Waals surface area contributed by atoms with Gasteiger partial charge in [0, 0.05) is 6.42 Å². The van der Waals surface area contributed by atoms with Crippen molar-refractivity contribution in [2.45, 2.75) is 38.5 Å². The van der Waals surface area contributed by atoms with Crippen LogP contribution >= 0.6 is 0 Å². The first-order valence-corrected chi connectivity index (χ1v) is 4.92. The molecule has 0 N–H and O–H groups in total. The molecular formula is C10H14O3. The summed E-state index contributed by atoms with van der Waals surface area (Å²) >= 11 is 0. The molecule has 1 fully saturated rings. The van der Waals surface area contributed by atoms with Crippen molar-refractivity contribution < 1.29 is 8.83 Å². The largest absolute Gasteiger partial charge is 0.518 e. The summed E-state index contributed by atoms with van der Waals surface area (Å²) < 4.78 is 9.45. The van der Waals surface area contributed by atoms with Gasteiger partial charge in [0.25, 0.3) is 0 Å². The summed E-state index contributed by atoms with van der Waals surface area (Å²) in [5.74, 6) is 0.817. The minimum Gasteiger partial charge on any atom is -0.399 e. The summed E-state index contributed by atoms with van der Waals surface area (Å²) in [7, 11) is 0. The molecule has 0 saturated heterocycles. The van der Waals surface area contributed by atoms with E-state index in [1.807, 2.05) is 0 Å². The van der Waals surface area contributed by atoms with Crippen molar-refractivity contribution in [2.75, 3.05) is 0 Å². The molecule has 0 unspecified atom stereocenters. The van der Waals surface area contributed by atoms with Gasteiger partial charge in [0.2, 0.25) is 0 Å². The van der Waals surface area contributed by atoms with Crippen molar-refractivity contribution in [3.8, 4) is 0 Å². The molecule has 1 aromatic rings. The molecule has 13 heavy (non-hydrogen) atoms. The Morgan fingerprint density at radius 1 is 1.31 bits per heavy atom. The van der Waals surface area contributed by atoms with E-state index in [1.165, 1.54) is 38.4 Å². The minimum atomic E-state index is -0.578. The fraction of sp³-hybridized carbons (Fsp3) is 0.700. The normalized spacial score (nSPS) is 19.1. The van der Waals surface area contributed by atoms with E-state index in [4.69, 9.17) is 4.42 Å². The van der Waals surface area contributed by atoms with Gasteiger partial charge >= 0.3 is 5.82 Å². The Labute approximate surface area is 76.7 Å². The summed E-state index contributed by atoms with van der Waals surface area (Å²) in [6, 6.07) is 0. The fourth-order valence-corrected chi connectivity index (χ4v) is 2.03. The zero-order chi connectivity index (χ0) is 9.10. The van der Waals surface area contributed by atoms with Crippen molar-refractivity contribution in [2.24, 2.45) is 5.92 Å². The summed E-state index contributed by atoms with van der Waals surface area (Å²) in [6.45, 7) is 0. The first-order valence-electron chi connectivity index (χ1n) is 4.92. The van der Waals surface area contributed by atoms with E-state index in [0.717, 1.165) is 6.42 Å². The maximum atomic E-state index is 10.6. The van der Waals surface area contributed by atoms with Crippen LogP contribution in [0.5, 0.6) is 0 Å². The van der Waals surface area contributed by atoms with E-state index in [9.17, 15) is 4.79 Å². The molecule has 3 nitrogen and oxygen atoms in total. The predicted octanol–water partition coefficient (Wildman–Crippen LogP) is 2.36. The predicted molar refractivity (Wildman–Crippen MR) is 47.5 cm³/mol. The van der Waals surface area contributed by atoms with Crippen LogP contribution < -0.4 is 5.82 Å². The van der Waals surface area contributed by atoms with E-state index in [-0.39, 0.29) is 0 Å². The first kappa shape index (κ1) is 8.60. The van der Waals surface area contributed by atoms with Gasteiger partial charge in [-0.1, -0.05) is 32.1 Å². The summed E-state index contributed by atoms with van der Waals surface area (Å²) in [6.07, 6.45) is 8.80. The van der Waals surface area contributed by atoms with Crippen molar-refractivity contribution in [1.29, 1.82) is 0 Å². The number of hydrogen-bond acceptors (Lipinski definition) is 3. The molecule has 0 aromatic carbocycles. The van der Waals surface area contributed by atoms with Crippen molar-refractivity contribution in [3.05, 3.63) is 22.6 Å². The zero-order valence-corrected chi connectivity index (χ0v) is 7.62. The topological polar surface area (TPSA) is 43.4 Å². The van der Waals surface area contributed by atoms with E-state index in [0.29, 0.717) is 11.7 Å². The maximum absolute atomic E-state index is 10.6. The highest BCUT2D eigenvalue weighted by Gasteiger charge is 2.15. The Hall–Kier alpha value is -0.990. The fourth-order valence-electron chi connectivity index (χ4n) is 2.03. The molecule has 0 amide bonds. The van der Waals surface area contributed by atoms with Gasteiger partial charge in [0.05, 0.1) is 0 Å². The summed E-state index contributed by atoms with van der Waals surface area (Å²) in [4.78, 5) is 10.6. The highest BCUT2D eigenvalue weighted by atomic mass is 16.6. The lowest BCUT2D eigenvalue weighted by molar-refractivity contribution is 0.321. The van der Waals surface area contributed by atoms with Gasteiger partial charge < -0.3 is 8.83 Å². The number of hydrogen-bond donors (Lipinski definition) is 0. The van der Waals surface area contributed by atoms with Crippen molar-refractivity contribution in [1.82, 2.24) is 0 Å². The lowest BCUT2D eigenvalue weighted by atomic mass is 9.86. The van der Waals surface area contributed by atoms with Gasteiger partial charge in [0.1, 0.15) is 12.0 Å². The molecule has 1 heterocycles. The van der Waals surface area contributed by atoms with Crippen LogP contribution in [0.3, 0.4) is 0 Å². The Morgan fingerprint density at radius 2 is 2.08 bits per heavy atom. The second-order valence-electron chi connectivity index (χ2n) is 3.76. The third kappa shape index (κ3) is 2.23. The SMILES string of the molecule is O=c1occ(CC2CCCCC2)o1. The lowest BCUT2D eigenvalue weighted by Gasteiger charge is -2.19. The quantitative estimate of drug-likeness (QED) is 0.705. The van der Waals surface area contributed by atoms with Crippen LogP contribution in [0, 0.1) is 5.92 Å². The molecule has 1 saturated carbocycles. The Kier molecular flexibility index (Phi) is 2.52. The zero-order valence-electron chi connectivity index (χ0n) is 7.62. The molecular weight excluding hydrogens is 168 g/mol. The molecule has 1 aromatic heterocycles. The molecule has 1 aliphatic carbocycles. The van der Waals surface area contributed by atoms with Crippen LogP contribution in [0.25, 0.3) is 0 Å². The van der Waals surface area contributed by atoms with Gasteiger partial charge in [-0.2, -0.15) is 0 Å². The lowest BCUT2D eigenvalue weighted by Crippen LogP contribution is -2.08. The molecule has 0 atom stereocenters. The average molecular weight is 182 g/mol. The standard InChI is InChI=1S/C10H14O3/c11-10-12-7-9(13-10)6-8-4-2-1-3-5-8/h7-8H,1-6H2. The second kappa shape index (κ2) is 3.81. The average Bonchev–Trinajstić information content (AvgIpc) is 2.53. The molecule has 72 valence electrons. The molecule has 0 spiro atoms. The summed E-state index contributed by atoms with van der Waals surface area (Å²) in [5.41, 5.74) is 0. The third-order valence-electron chi connectivity index (χ3n) is 2.72. The van der Waals surface area contributed by atoms with Crippen LogP contribution in [-0.2, 0) is 6.42 Å². The van der Waals surface area contributed by atoms with Gasteiger partial charge in [-0.15, -0.1) is 0 Å². The van der Waals surface area contributed by atoms with E-state index in [2.05, 4.69) is 4.42 Å². The van der Waals surface area contributed by atoms with E-state index < -0.39 is 5.82 Å². The molecule has 2 rings (SSSR count). The third-order valence-corrected chi connectivity index (χ3v) is 2.72. The minimum absolute atomic E-state index is 0.578. The van der Waals surface area contributed by atoms with Gasteiger partial charge in [-0.3, -0.25) is 0 Å². The highest BCUT2D eigenvalue weighted by molar-refractivity contribution is 4.88. The van der Waals surface area contributed by atoms with Gasteiger partial charge in [-0.05, 0) is 5.92 Å². The van der Waals surface area contributed by atoms with Crippen LogP contribution in [0.15, 0.2) is 19.9 Å². The monoisotopic (exact) mass is 182 g/mol. The maximum Gasteiger partial charge on any atom is 0.518 e. The Balaban J connectivity index is 1.93. The Morgan fingerprint density at radius 3 is 2.69 bits per heavy atom. The first-order chi connectivity index (χ1) is 6.34.